The first kappa shape index (κ1) is 12.4. The number of para-hydroxylation sites is 1. The Balaban J connectivity index is 2.08. The van der Waals surface area contributed by atoms with E-state index in [1.165, 1.54) is 18.4 Å². The second kappa shape index (κ2) is 6.06. The Morgan fingerprint density at radius 2 is 2.24 bits per heavy atom. The van der Waals surface area contributed by atoms with Crippen LogP contribution in [0.15, 0.2) is 24.3 Å². The molecular formula is C15H23NO. The molecule has 2 heteroatoms. The zero-order chi connectivity index (χ0) is 12.1. The van der Waals surface area contributed by atoms with E-state index in [1.807, 2.05) is 0 Å². The van der Waals surface area contributed by atoms with E-state index in [4.69, 9.17) is 4.74 Å². The topological polar surface area (TPSA) is 21.3 Å². The van der Waals surface area contributed by atoms with Gasteiger partial charge in [-0.3, -0.25) is 0 Å². The Kier molecular flexibility index (Phi) is 4.43. The minimum Gasteiger partial charge on any atom is -0.489 e. The predicted octanol–water partition coefficient (Wildman–Crippen LogP) is 3.33. The summed E-state index contributed by atoms with van der Waals surface area (Å²) in [6.45, 7) is 6.60. The van der Waals surface area contributed by atoms with Gasteiger partial charge in [-0.05, 0) is 43.4 Å². The summed E-state index contributed by atoms with van der Waals surface area (Å²) < 4.78 is 6.15. The summed E-state index contributed by atoms with van der Waals surface area (Å²) in [6, 6.07) is 8.47. The Morgan fingerprint density at radius 1 is 1.41 bits per heavy atom. The molecule has 2 atom stereocenters. The molecule has 0 spiro atoms. The van der Waals surface area contributed by atoms with Crippen molar-refractivity contribution in [1.29, 1.82) is 0 Å². The van der Waals surface area contributed by atoms with Crippen LogP contribution in [-0.4, -0.2) is 19.2 Å². The molecule has 0 aromatic heterocycles. The third-order valence-corrected chi connectivity index (χ3v) is 3.61. The molecule has 1 heterocycles. The second-order valence-corrected chi connectivity index (χ2v) is 4.93. The van der Waals surface area contributed by atoms with Crippen LogP contribution < -0.4 is 10.1 Å². The van der Waals surface area contributed by atoms with Gasteiger partial charge in [-0.2, -0.15) is 0 Å². The summed E-state index contributed by atoms with van der Waals surface area (Å²) in [5.74, 6) is 1.65. The van der Waals surface area contributed by atoms with Crippen LogP contribution in [0, 0.1) is 0 Å². The zero-order valence-corrected chi connectivity index (χ0v) is 10.9. The quantitative estimate of drug-likeness (QED) is 0.861. The first-order valence-corrected chi connectivity index (χ1v) is 6.77. The minimum atomic E-state index is 0.342. The first-order chi connectivity index (χ1) is 8.31. The van der Waals surface area contributed by atoms with Gasteiger partial charge in [-0.25, -0.2) is 0 Å². The summed E-state index contributed by atoms with van der Waals surface area (Å²) in [5.41, 5.74) is 1.35. The molecule has 94 valence electrons. The molecule has 0 aliphatic carbocycles. The second-order valence-electron chi connectivity index (χ2n) is 4.93. The smallest absolute Gasteiger partial charge is 0.123 e. The fourth-order valence-electron chi connectivity index (χ4n) is 2.31. The fourth-order valence-corrected chi connectivity index (χ4v) is 2.31. The van der Waals surface area contributed by atoms with Crippen molar-refractivity contribution < 1.29 is 4.74 Å². The lowest BCUT2D eigenvalue weighted by atomic mass is 9.97. The van der Waals surface area contributed by atoms with Crippen LogP contribution in [0.25, 0.3) is 0 Å². The number of rotatable bonds is 4. The number of hydrogen-bond acceptors (Lipinski definition) is 2. The third kappa shape index (κ3) is 3.22. The largest absolute Gasteiger partial charge is 0.489 e. The molecule has 0 amide bonds. The van der Waals surface area contributed by atoms with Gasteiger partial charge in [-0.1, -0.05) is 32.0 Å². The SMILES string of the molecule is CC[C@@H](C)c1ccccc1O[C@H]1CCCNC1. The van der Waals surface area contributed by atoms with Crippen molar-refractivity contribution in [3.05, 3.63) is 29.8 Å². The lowest BCUT2D eigenvalue weighted by Gasteiger charge is -2.26. The van der Waals surface area contributed by atoms with Crippen LogP contribution >= 0.6 is 0 Å². The van der Waals surface area contributed by atoms with Crippen LogP contribution in [0.1, 0.15) is 44.6 Å². The normalized spacial score (nSPS) is 22.1. The number of piperidine rings is 1. The molecular weight excluding hydrogens is 210 g/mol. The maximum atomic E-state index is 6.15. The molecule has 1 aliphatic rings. The molecule has 0 radical (unpaired) electrons. The van der Waals surface area contributed by atoms with Crippen molar-refractivity contribution in [3.8, 4) is 5.75 Å². The van der Waals surface area contributed by atoms with E-state index in [0.717, 1.165) is 25.3 Å². The van der Waals surface area contributed by atoms with Gasteiger partial charge < -0.3 is 10.1 Å². The zero-order valence-electron chi connectivity index (χ0n) is 10.9. The lowest BCUT2D eigenvalue weighted by molar-refractivity contribution is 0.165. The summed E-state index contributed by atoms with van der Waals surface area (Å²) >= 11 is 0. The van der Waals surface area contributed by atoms with Crippen molar-refractivity contribution >= 4 is 0 Å². The van der Waals surface area contributed by atoms with Gasteiger partial charge in [0, 0.05) is 6.54 Å². The molecule has 0 bridgehead atoms. The summed E-state index contributed by atoms with van der Waals surface area (Å²) in [5, 5.41) is 3.39. The Hall–Kier alpha value is -1.02. The van der Waals surface area contributed by atoms with E-state index in [2.05, 4.69) is 43.4 Å². The van der Waals surface area contributed by atoms with Gasteiger partial charge in [0.15, 0.2) is 0 Å². The van der Waals surface area contributed by atoms with Gasteiger partial charge in [0.1, 0.15) is 11.9 Å². The van der Waals surface area contributed by atoms with Crippen molar-refractivity contribution in [2.75, 3.05) is 13.1 Å². The summed E-state index contributed by atoms with van der Waals surface area (Å²) in [6.07, 6.45) is 3.88. The van der Waals surface area contributed by atoms with Crippen molar-refractivity contribution in [1.82, 2.24) is 5.32 Å². The maximum Gasteiger partial charge on any atom is 0.123 e. The van der Waals surface area contributed by atoms with Crippen LogP contribution in [0.5, 0.6) is 5.75 Å². The molecule has 17 heavy (non-hydrogen) atoms. The van der Waals surface area contributed by atoms with E-state index >= 15 is 0 Å². The maximum absolute atomic E-state index is 6.15. The van der Waals surface area contributed by atoms with E-state index in [1.54, 1.807) is 0 Å². The number of nitrogens with one attached hydrogen (secondary N) is 1. The van der Waals surface area contributed by atoms with Crippen LogP contribution in [0.2, 0.25) is 0 Å². The highest BCUT2D eigenvalue weighted by Crippen LogP contribution is 2.29. The van der Waals surface area contributed by atoms with Crippen LogP contribution in [0.3, 0.4) is 0 Å². The minimum absolute atomic E-state index is 0.342. The molecule has 2 nitrogen and oxygen atoms in total. The van der Waals surface area contributed by atoms with Crippen molar-refractivity contribution in [3.63, 3.8) is 0 Å². The standard InChI is InChI=1S/C15H23NO/c1-3-12(2)14-8-4-5-9-15(14)17-13-7-6-10-16-11-13/h4-5,8-9,12-13,16H,3,6-7,10-11H2,1-2H3/t12-,13+/m1/s1. The van der Waals surface area contributed by atoms with E-state index < -0.39 is 0 Å². The molecule has 1 saturated heterocycles. The highest BCUT2D eigenvalue weighted by atomic mass is 16.5. The average Bonchev–Trinajstić information content (AvgIpc) is 2.40. The molecule has 0 unspecified atom stereocenters. The van der Waals surface area contributed by atoms with Gasteiger partial charge in [0.05, 0.1) is 0 Å². The molecule has 1 aromatic rings. The van der Waals surface area contributed by atoms with Crippen molar-refractivity contribution in [2.24, 2.45) is 0 Å². The van der Waals surface area contributed by atoms with Gasteiger partial charge in [-0.15, -0.1) is 0 Å². The fraction of sp³-hybridized carbons (Fsp3) is 0.600. The average molecular weight is 233 g/mol. The highest BCUT2D eigenvalue weighted by Gasteiger charge is 2.17. The third-order valence-electron chi connectivity index (χ3n) is 3.61. The van der Waals surface area contributed by atoms with Gasteiger partial charge >= 0.3 is 0 Å². The molecule has 1 fully saturated rings. The molecule has 2 rings (SSSR count). The lowest BCUT2D eigenvalue weighted by Crippen LogP contribution is -2.37. The van der Waals surface area contributed by atoms with Gasteiger partial charge in [0.2, 0.25) is 0 Å². The monoisotopic (exact) mass is 233 g/mol. The van der Waals surface area contributed by atoms with Crippen LogP contribution in [-0.2, 0) is 0 Å². The molecule has 1 aliphatic heterocycles. The molecule has 1 aromatic carbocycles. The summed E-state index contributed by atoms with van der Waals surface area (Å²) in [7, 11) is 0. The first-order valence-electron chi connectivity index (χ1n) is 6.77. The van der Waals surface area contributed by atoms with Gasteiger partial charge in [0.25, 0.3) is 0 Å². The Morgan fingerprint density at radius 3 is 2.94 bits per heavy atom. The van der Waals surface area contributed by atoms with Crippen molar-refractivity contribution in [2.45, 2.75) is 45.1 Å². The Labute approximate surface area is 104 Å². The number of benzene rings is 1. The summed E-state index contributed by atoms with van der Waals surface area (Å²) in [4.78, 5) is 0. The van der Waals surface area contributed by atoms with Crippen LogP contribution in [0.4, 0.5) is 0 Å². The molecule has 0 saturated carbocycles. The molecule has 1 N–H and O–H groups in total. The Bertz CT molecular complexity index is 345. The van der Waals surface area contributed by atoms with E-state index in [0.29, 0.717) is 12.0 Å². The highest BCUT2D eigenvalue weighted by molar-refractivity contribution is 5.36. The number of hydrogen-bond donors (Lipinski definition) is 1. The number of ether oxygens (including phenoxy) is 1. The van der Waals surface area contributed by atoms with E-state index in [9.17, 15) is 0 Å². The van der Waals surface area contributed by atoms with E-state index in [-0.39, 0.29) is 0 Å². The predicted molar refractivity (Wildman–Crippen MR) is 71.7 cm³/mol.